The summed E-state index contributed by atoms with van der Waals surface area (Å²) in [6, 6.07) is 0. The van der Waals surface area contributed by atoms with Crippen LogP contribution < -0.4 is 0 Å². The van der Waals surface area contributed by atoms with Crippen LogP contribution in [0.1, 0.15) is 26.2 Å². The number of piperazine rings is 1. The third-order valence-electron chi connectivity index (χ3n) is 2.84. The van der Waals surface area contributed by atoms with E-state index < -0.39 is 0 Å². The van der Waals surface area contributed by atoms with E-state index in [1.54, 1.807) is 4.90 Å². The summed E-state index contributed by atoms with van der Waals surface area (Å²) in [7, 11) is 0. The number of halogens is 1. The highest BCUT2D eigenvalue weighted by Crippen LogP contribution is 2.06. The number of hydrogen-bond donors (Lipinski definition) is 0. The molecule has 1 aliphatic rings. The van der Waals surface area contributed by atoms with Crippen molar-refractivity contribution in [3.05, 3.63) is 0 Å². The van der Waals surface area contributed by atoms with Gasteiger partial charge in [-0.15, -0.1) is 11.6 Å². The third-order valence-corrected chi connectivity index (χ3v) is 3.07. The van der Waals surface area contributed by atoms with Gasteiger partial charge in [0, 0.05) is 32.6 Å². The molecule has 0 unspecified atom stereocenters. The van der Waals surface area contributed by atoms with Gasteiger partial charge in [0.05, 0.1) is 0 Å². The van der Waals surface area contributed by atoms with Crippen molar-refractivity contribution in [1.29, 1.82) is 0 Å². The Bertz CT molecular complexity index is 250. The maximum Gasteiger partial charge on any atom is 0.237 e. The SMILES string of the molecule is CCCCC(=O)N1CCN(C(=O)CCl)CC1. The number of carbonyl (C=O) groups excluding carboxylic acids is 2. The Labute approximate surface area is 102 Å². The highest BCUT2D eigenvalue weighted by molar-refractivity contribution is 6.27. The second kappa shape index (κ2) is 6.74. The Hall–Kier alpha value is -0.770. The molecule has 0 aromatic heterocycles. The van der Waals surface area contributed by atoms with Crippen LogP contribution in [0.15, 0.2) is 0 Å². The molecule has 1 fully saturated rings. The molecule has 0 saturated carbocycles. The number of alkyl halides is 1. The summed E-state index contributed by atoms with van der Waals surface area (Å²) in [5.41, 5.74) is 0. The van der Waals surface area contributed by atoms with Crippen molar-refractivity contribution in [2.75, 3.05) is 32.1 Å². The molecule has 16 heavy (non-hydrogen) atoms. The second-order valence-corrected chi connectivity index (χ2v) is 4.27. The van der Waals surface area contributed by atoms with Gasteiger partial charge in [-0.05, 0) is 6.42 Å². The smallest absolute Gasteiger partial charge is 0.237 e. The fraction of sp³-hybridized carbons (Fsp3) is 0.818. The van der Waals surface area contributed by atoms with Crippen molar-refractivity contribution in [2.45, 2.75) is 26.2 Å². The minimum atomic E-state index is -0.0395. The van der Waals surface area contributed by atoms with E-state index in [-0.39, 0.29) is 17.7 Å². The lowest BCUT2D eigenvalue weighted by Crippen LogP contribution is -2.50. The van der Waals surface area contributed by atoms with Crippen LogP contribution >= 0.6 is 11.6 Å². The minimum Gasteiger partial charge on any atom is -0.339 e. The molecule has 0 aromatic rings. The second-order valence-electron chi connectivity index (χ2n) is 4.00. The molecule has 5 heteroatoms. The van der Waals surface area contributed by atoms with E-state index in [9.17, 15) is 9.59 Å². The van der Waals surface area contributed by atoms with Gasteiger partial charge in [0.25, 0.3) is 0 Å². The number of carbonyl (C=O) groups is 2. The van der Waals surface area contributed by atoms with Crippen LogP contribution in [0.25, 0.3) is 0 Å². The van der Waals surface area contributed by atoms with Crippen LogP contribution in [0.4, 0.5) is 0 Å². The van der Waals surface area contributed by atoms with Crippen LogP contribution in [0.3, 0.4) is 0 Å². The summed E-state index contributed by atoms with van der Waals surface area (Å²) in [5, 5.41) is 0. The van der Waals surface area contributed by atoms with E-state index in [1.807, 2.05) is 4.90 Å². The summed E-state index contributed by atoms with van der Waals surface area (Å²) in [5.74, 6) is 0.200. The predicted molar refractivity (Wildman–Crippen MR) is 63.4 cm³/mol. The molecule has 0 bridgehead atoms. The van der Waals surface area contributed by atoms with Crippen LogP contribution in [-0.2, 0) is 9.59 Å². The van der Waals surface area contributed by atoms with Crippen molar-refractivity contribution in [3.8, 4) is 0 Å². The molecule has 1 saturated heterocycles. The number of nitrogens with zero attached hydrogens (tertiary/aromatic N) is 2. The molecule has 92 valence electrons. The van der Waals surface area contributed by atoms with Gasteiger partial charge < -0.3 is 9.80 Å². The molecule has 0 radical (unpaired) electrons. The zero-order valence-corrected chi connectivity index (χ0v) is 10.5. The first-order valence-electron chi connectivity index (χ1n) is 5.80. The van der Waals surface area contributed by atoms with Crippen molar-refractivity contribution in [2.24, 2.45) is 0 Å². The first-order valence-corrected chi connectivity index (χ1v) is 6.34. The Morgan fingerprint density at radius 3 is 2.00 bits per heavy atom. The maximum absolute atomic E-state index is 11.7. The van der Waals surface area contributed by atoms with Crippen LogP contribution in [0.5, 0.6) is 0 Å². The molecule has 0 spiro atoms. The number of unbranched alkanes of at least 4 members (excludes halogenated alkanes) is 1. The fourth-order valence-electron chi connectivity index (χ4n) is 1.78. The lowest BCUT2D eigenvalue weighted by atomic mass is 10.2. The van der Waals surface area contributed by atoms with Gasteiger partial charge in [-0.1, -0.05) is 13.3 Å². The molecule has 1 aliphatic heterocycles. The molecular weight excluding hydrogens is 228 g/mol. The van der Waals surface area contributed by atoms with Crippen LogP contribution in [0, 0.1) is 0 Å². The van der Waals surface area contributed by atoms with Crippen LogP contribution in [0.2, 0.25) is 0 Å². The largest absolute Gasteiger partial charge is 0.339 e. The molecule has 0 atom stereocenters. The highest BCUT2D eigenvalue weighted by Gasteiger charge is 2.22. The molecule has 0 N–H and O–H groups in total. The molecule has 1 rings (SSSR count). The summed E-state index contributed by atoms with van der Waals surface area (Å²) in [6.07, 6.45) is 2.61. The molecular formula is C11H19ClN2O2. The molecule has 4 nitrogen and oxygen atoms in total. The van der Waals surface area contributed by atoms with Gasteiger partial charge in [-0.2, -0.15) is 0 Å². The van der Waals surface area contributed by atoms with Gasteiger partial charge in [0.1, 0.15) is 5.88 Å². The summed E-state index contributed by atoms with van der Waals surface area (Å²) < 4.78 is 0. The van der Waals surface area contributed by atoms with E-state index in [4.69, 9.17) is 11.6 Å². The normalized spacial score (nSPS) is 16.4. The van der Waals surface area contributed by atoms with E-state index in [0.29, 0.717) is 32.6 Å². The Morgan fingerprint density at radius 1 is 1.06 bits per heavy atom. The summed E-state index contributed by atoms with van der Waals surface area (Å²) >= 11 is 5.48. The average Bonchev–Trinajstić information content (AvgIpc) is 2.35. The Morgan fingerprint density at radius 2 is 1.56 bits per heavy atom. The van der Waals surface area contributed by atoms with Crippen molar-refractivity contribution >= 4 is 23.4 Å². The third kappa shape index (κ3) is 3.67. The van der Waals surface area contributed by atoms with Crippen LogP contribution in [-0.4, -0.2) is 53.7 Å². The van der Waals surface area contributed by atoms with Crippen molar-refractivity contribution in [3.63, 3.8) is 0 Å². The van der Waals surface area contributed by atoms with E-state index in [2.05, 4.69) is 6.92 Å². The lowest BCUT2D eigenvalue weighted by molar-refractivity contribution is -0.138. The molecule has 0 aromatic carbocycles. The summed E-state index contributed by atoms with van der Waals surface area (Å²) in [6.45, 7) is 4.59. The fourth-order valence-corrected chi connectivity index (χ4v) is 1.94. The van der Waals surface area contributed by atoms with E-state index >= 15 is 0 Å². The molecule has 0 aliphatic carbocycles. The monoisotopic (exact) mass is 246 g/mol. The number of hydrogen-bond acceptors (Lipinski definition) is 2. The first-order chi connectivity index (χ1) is 7.69. The molecule has 1 heterocycles. The maximum atomic E-state index is 11.7. The van der Waals surface area contributed by atoms with E-state index in [1.165, 1.54) is 0 Å². The standard InChI is InChI=1S/C11H19ClN2O2/c1-2-3-4-10(15)13-5-7-14(8-6-13)11(16)9-12/h2-9H2,1H3. The quantitative estimate of drug-likeness (QED) is 0.697. The van der Waals surface area contributed by atoms with Gasteiger partial charge in [-0.3, -0.25) is 9.59 Å². The summed E-state index contributed by atoms with van der Waals surface area (Å²) in [4.78, 5) is 26.6. The van der Waals surface area contributed by atoms with Crippen molar-refractivity contribution < 1.29 is 9.59 Å². The van der Waals surface area contributed by atoms with Gasteiger partial charge in [0.15, 0.2) is 0 Å². The topological polar surface area (TPSA) is 40.6 Å². The average molecular weight is 247 g/mol. The number of rotatable bonds is 4. The Balaban J connectivity index is 2.31. The minimum absolute atomic E-state index is 0.0315. The zero-order chi connectivity index (χ0) is 12.0. The van der Waals surface area contributed by atoms with Crippen molar-refractivity contribution in [1.82, 2.24) is 9.80 Å². The Kier molecular flexibility index (Phi) is 5.60. The zero-order valence-electron chi connectivity index (χ0n) is 9.75. The predicted octanol–water partition coefficient (Wildman–Crippen LogP) is 1.09. The van der Waals surface area contributed by atoms with Gasteiger partial charge >= 0.3 is 0 Å². The van der Waals surface area contributed by atoms with Gasteiger partial charge in [-0.25, -0.2) is 0 Å². The molecule has 2 amide bonds. The van der Waals surface area contributed by atoms with E-state index in [0.717, 1.165) is 12.8 Å². The number of amides is 2. The highest BCUT2D eigenvalue weighted by atomic mass is 35.5. The van der Waals surface area contributed by atoms with Gasteiger partial charge in [0.2, 0.25) is 11.8 Å². The lowest BCUT2D eigenvalue weighted by Gasteiger charge is -2.34. The first kappa shape index (κ1) is 13.3.